The van der Waals surface area contributed by atoms with Crippen molar-refractivity contribution >= 4 is 17.6 Å². The number of morpholine rings is 1. The first-order valence-corrected chi connectivity index (χ1v) is 11.0. The number of halogens is 1. The van der Waals surface area contributed by atoms with E-state index in [0.717, 1.165) is 57.3 Å². The molecule has 1 unspecified atom stereocenters. The zero-order chi connectivity index (χ0) is 21.2. The molecule has 0 spiro atoms. The summed E-state index contributed by atoms with van der Waals surface area (Å²) in [4.78, 5) is 11.3. The highest BCUT2D eigenvalue weighted by atomic mass is 35.5. The van der Waals surface area contributed by atoms with Gasteiger partial charge in [0.05, 0.1) is 19.3 Å². The van der Waals surface area contributed by atoms with Gasteiger partial charge >= 0.3 is 0 Å². The molecule has 2 heterocycles. The minimum absolute atomic E-state index is 0.309. The SMILES string of the molecule is CCNC(=NCc1cccc(CN2CCOC(C)C2)c1)NCCc1ccc(Cl)nc1. The number of nitrogens with zero attached hydrogens (tertiary/aromatic N) is 3. The van der Waals surface area contributed by atoms with Crippen LogP contribution >= 0.6 is 11.6 Å². The number of aliphatic imine (C=N–C) groups is 1. The van der Waals surface area contributed by atoms with E-state index in [0.29, 0.717) is 17.8 Å². The average molecular weight is 430 g/mol. The normalized spacial score (nSPS) is 17.7. The fourth-order valence-electron chi connectivity index (χ4n) is 3.51. The maximum absolute atomic E-state index is 5.84. The zero-order valence-electron chi connectivity index (χ0n) is 17.9. The van der Waals surface area contributed by atoms with E-state index in [2.05, 4.69) is 58.6 Å². The van der Waals surface area contributed by atoms with Gasteiger partial charge < -0.3 is 15.4 Å². The van der Waals surface area contributed by atoms with Crippen molar-refractivity contribution in [2.75, 3.05) is 32.8 Å². The number of ether oxygens (including phenoxy) is 1. The Morgan fingerprint density at radius 1 is 1.23 bits per heavy atom. The van der Waals surface area contributed by atoms with Crippen LogP contribution in [-0.2, 0) is 24.2 Å². The number of rotatable bonds is 8. The van der Waals surface area contributed by atoms with Crippen LogP contribution in [-0.4, -0.2) is 54.7 Å². The molecule has 0 radical (unpaired) electrons. The molecule has 1 saturated heterocycles. The van der Waals surface area contributed by atoms with Crippen molar-refractivity contribution in [1.82, 2.24) is 20.5 Å². The predicted molar refractivity (Wildman–Crippen MR) is 123 cm³/mol. The van der Waals surface area contributed by atoms with Gasteiger partial charge in [0, 0.05) is 38.9 Å². The monoisotopic (exact) mass is 429 g/mol. The van der Waals surface area contributed by atoms with E-state index in [1.165, 1.54) is 11.1 Å². The van der Waals surface area contributed by atoms with Gasteiger partial charge in [-0.25, -0.2) is 9.98 Å². The molecular weight excluding hydrogens is 398 g/mol. The minimum atomic E-state index is 0.309. The molecule has 1 fully saturated rings. The third kappa shape index (κ3) is 7.59. The van der Waals surface area contributed by atoms with Crippen LogP contribution in [0.3, 0.4) is 0 Å². The van der Waals surface area contributed by atoms with Gasteiger partial charge in [0.25, 0.3) is 0 Å². The summed E-state index contributed by atoms with van der Waals surface area (Å²) in [6, 6.07) is 12.5. The molecule has 6 nitrogen and oxygen atoms in total. The molecule has 1 aromatic carbocycles. The lowest BCUT2D eigenvalue weighted by Gasteiger charge is -2.31. The molecule has 30 heavy (non-hydrogen) atoms. The molecule has 1 atom stereocenters. The van der Waals surface area contributed by atoms with Crippen molar-refractivity contribution < 1.29 is 4.74 Å². The van der Waals surface area contributed by atoms with E-state index in [1.54, 1.807) is 0 Å². The van der Waals surface area contributed by atoms with Crippen molar-refractivity contribution in [3.05, 3.63) is 64.4 Å². The highest BCUT2D eigenvalue weighted by Crippen LogP contribution is 2.13. The fraction of sp³-hybridized carbons (Fsp3) is 0.478. The molecule has 2 aromatic rings. The molecule has 0 aliphatic carbocycles. The van der Waals surface area contributed by atoms with Crippen molar-refractivity contribution in [1.29, 1.82) is 0 Å². The number of aromatic nitrogens is 1. The summed E-state index contributed by atoms with van der Waals surface area (Å²) in [5, 5.41) is 7.23. The quantitative estimate of drug-likeness (QED) is 0.383. The Balaban J connectivity index is 1.52. The largest absolute Gasteiger partial charge is 0.376 e. The first-order valence-electron chi connectivity index (χ1n) is 10.7. The van der Waals surface area contributed by atoms with Crippen LogP contribution in [0.5, 0.6) is 0 Å². The standard InChI is InChI=1S/C23H32ClN5O/c1-3-25-23(26-10-9-19-7-8-22(24)27-14-19)28-15-20-5-4-6-21(13-20)17-29-11-12-30-18(2)16-29/h4-8,13-14,18H,3,9-12,15-17H2,1-2H3,(H2,25,26,28). The second kappa shape index (κ2) is 11.9. The number of hydrogen-bond acceptors (Lipinski definition) is 4. The van der Waals surface area contributed by atoms with Crippen LogP contribution in [0.2, 0.25) is 5.15 Å². The highest BCUT2D eigenvalue weighted by molar-refractivity contribution is 6.29. The van der Waals surface area contributed by atoms with Crippen LogP contribution in [0.15, 0.2) is 47.6 Å². The third-order valence-corrected chi connectivity index (χ3v) is 5.21. The Hall–Kier alpha value is -2.15. The van der Waals surface area contributed by atoms with Crippen LogP contribution in [0.4, 0.5) is 0 Å². The van der Waals surface area contributed by atoms with Crippen LogP contribution < -0.4 is 10.6 Å². The van der Waals surface area contributed by atoms with Gasteiger partial charge in [-0.1, -0.05) is 41.9 Å². The zero-order valence-corrected chi connectivity index (χ0v) is 18.7. The lowest BCUT2D eigenvalue weighted by atomic mass is 10.1. The molecule has 3 rings (SSSR count). The maximum atomic E-state index is 5.84. The molecule has 7 heteroatoms. The van der Waals surface area contributed by atoms with Gasteiger partial charge in [-0.2, -0.15) is 0 Å². The van der Waals surface area contributed by atoms with Crippen LogP contribution in [0.25, 0.3) is 0 Å². The molecule has 0 bridgehead atoms. The Morgan fingerprint density at radius 3 is 2.87 bits per heavy atom. The van der Waals surface area contributed by atoms with Gasteiger partial charge in [-0.3, -0.25) is 4.90 Å². The summed E-state index contributed by atoms with van der Waals surface area (Å²) in [5.74, 6) is 0.826. The van der Waals surface area contributed by atoms with Gasteiger partial charge in [-0.05, 0) is 43.0 Å². The Morgan fingerprint density at radius 2 is 2.10 bits per heavy atom. The summed E-state index contributed by atoms with van der Waals surface area (Å²) in [6.07, 6.45) is 2.99. The van der Waals surface area contributed by atoms with E-state index in [1.807, 2.05) is 18.3 Å². The lowest BCUT2D eigenvalue weighted by molar-refractivity contribution is -0.0212. The first-order chi connectivity index (χ1) is 14.6. The molecule has 1 aromatic heterocycles. The van der Waals surface area contributed by atoms with Crippen LogP contribution in [0, 0.1) is 0 Å². The highest BCUT2D eigenvalue weighted by Gasteiger charge is 2.16. The molecule has 1 aliphatic rings. The number of guanidine groups is 1. The van der Waals surface area contributed by atoms with E-state index < -0.39 is 0 Å². The summed E-state index contributed by atoms with van der Waals surface area (Å²) < 4.78 is 5.64. The van der Waals surface area contributed by atoms with Gasteiger partial charge in [0.2, 0.25) is 0 Å². The van der Waals surface area contributed by atoms with E-state index in [9.17, 15) is 0 Å². The van der Waals surface area contributed by atoms with Gasteiger partial charge in [0.1, 0.15) is 5.15 Å². The Bertz CT molecular complexity index is 811. The van der Waals surface area contributed by atoms with Crippen molar-refractivity contribution in [3.63, 3.8) is 0 Å². The summed E-state index contributed by atoms with van der Waals surface area (Å²) >= 11 is 5.84. The van der Waals surface area contributed by atoms with E-state index >= 15 is 0 Å². The maximum Gasteiger partial charge on any atom is 0.191 e. The molecule has 2 N–H and O–H groups in total. The van der Waals surface area contributed by atoms with Crippen molar-refractivity contribution in [2.24, 2.45) is 4.99 Å². The van der Waals surface area contributed by atoms with Gasteiger partial charge in [0.15, 0.2) is 5.96 Å². The molecule has 162 valence electrons. The van der Waals surface area contributed by atoms with Crippen molar-refractivity contribution in [3.8, 4) is 0 Å². The van der Waals surface area contributed by atoms with E-state index in [4.69, 9.17) is 21.3 Å². The van der Waals surface area contributed by atoms with Gasteiger partial charge in [-0.15, -0.1) is 0 Å². The topological polar surface area (TPSA) is 61.8 Å². The second-order valence-electron chi connectivity index (χ2n) is 7.60. The number of benzene rings is 1. The van der Waals surface area contributed by atoms with Crippen molar-refractivity contribution in [2.45, 2.75) is 39.5 Å². The van der Waals surface area contributed by atoms with Crippen LogP contribution in [0.1, 0.15) is 30.5 Å². The number of nitrogens with one attached hydrogen (secondary N) is 2. The second-order valence-corrected chi connectivity index (χ2v) is 7.98. The third-order valence-electron chi connectivity index (χ3n) is 4.98. The van der Waals surface area contributed by atoms with E-state index in [-0.39, 0.29) is 0 Å². The summed E-state index contributed by atoms with van der Waals surface area (Å²) in [7, 11) is 0. The molecule has 0 saturated carbocycles. The summed E-state index contributed by atoms with van der Waals surface area (Å²) in [6.45, 7) is 10.2. The molecular formula is C23H32ClN5O. The average Bonchev–Trinajstić information content (AvgIpc) is 2.74. The number of hydrogen-bond donors (Lipinski definition) is 2. The molecule has 0 amide bonds. The smallest absolute Gasteiger partial charge is 0.191 e. The minimum Gasteiger partial charge on any atom is -0.376 e. The summed E-state index contributed by atoms with van der Waals surface area (Å²) in [5.41, 5.74) is 3.69. The molecule has 1 aliphatic heterocycles. The Labute approximate surface area is 184 Å². The predicted octanol–water partition coefficient (Wildman–Crippen LogP) is 3.25. The lowest BCUT2D eigenvalue weighted by Crippen LogP contribution is -2.40. The first kappa shape index (κ1) is 22.5. The fourth-order valence-corrected chi connectivity index (χ4v) is 3.62. The Kier molecular flexibility index (Phi) is 8.93. The number of pyridine rings is 1.